The molecule has 2 nitrogen and oxygen atoms in total. The normalized spacial score (nSPS) is 11.3. The van der Waals surface area contributed by atoms with Crippen LogP contribution in [0.4, 0.5) is 0 Å². The quantitative estimate of drug-likeness (QED) is 0.674. The van der Waals surface area contributed by atoms with Gasteiger partial charge in [-0.05, 0) is 30.7 Å². The Hall–Kier alpha value is -1.70. The van der Waals surface area contributed by atoms with E-state index in [1.165, 1.54) is 0 Å². The zero-order chi connectivity index (χ0) is 9.97. The van der Waals surface area contributed by atoms with E-state index in [1.54, 1.807) is 13.4 Å². The lowest BCUT2D eigenvalue weighted by Crippen LogP contribution is -1.72. The van der Waals surface area contributed by atoms with Gasteiger partial charge in [0.15, 0.2) is 0 Å². The summed E-state index contributed by atoms with van der Waals surface area (Å²) in [7, 11) is 1.63. The highest BCUT2D eigenvalue weighted by Crippen LogP contribution is 2.20. The first-order valence-electron chi connectivity index (χ1n) is 4.49. The first kappa shape index (κ1) is 8.88. The molecule has 0 aliphatic rings. The van der Waals surface area contributed by atoms with Crippen LogP contribution < -0.4 is 0 Å². The van der Waals surface area contributed by atoms with Crippen LogP contribution in [0.5, 0.6) is 0 Å². The van der Waals surface area contributed by atoms with E-state index in [4.69, 9.17) is 9.15 Å². The van der Waals surface area contributed by atoms with Gasteiger partial charge in [-0.1, -0.05) is 12.1 Å². The van der Waals surface area contributed by atoms with Crippen LogP contribution in [-0.2, 0) is 4.74 Å². The molecule has 2 heteroatoms. The third-order valence-corrected chi connectivity index (χ3v) is 2.06. The van der Waals surface area contributed by atoms with E-state index in [-0.39, 0.29) is 0 Å². The average molecular weight is 188 g/mol. The maximum atomic E-state index is 5.51. The summed E-state index contributed by atoms with van der Waals surface area (Å²) >= 11 is 0. The molecule has 1 aromatic heterocycles. The fraction of sp³-hybridized carbons (Fsp3) is 0.167. The van der Waals surface area contributed by atoms with Crippen molar-refractivity contribution in [2.24, 2.45) is 0 Å². The van der Waals surface area contributed by atoms with Gasteiger partial charge in [0.2, 0.25) is 0 Å². The van der Waals surface area contributed by atoms with E-state index < -0.39 is 0 Å². The van der Waals surface area contributed by atoms with Gasteiger partial charge in [0.1, 0.15) is 11.3 Å². The van der Waals surface area contributed by atoms with Crippen LogP contribution >= 0.6 is 0 Å². The molecule has 72 valence electrons. The number of benzene rings is 1. The molecule has 0 aliphatic heterocycles. The lowest BCUT2D eigenvalue weighted by molar-refractivity contribution is 0.341. The summed E-state index contributed by atoms with van der Waals surface area (Å²) < 4.78 is 10.4. The molecule has 0 saturated heterocycles. The second-order valence-electron chi connectivity index (χ2n) is 3.19. The number of furan rings is 1. The second kappa shape index (κ2) is 3.58. The fourth-order valence-corrected chi connectivity index (χ4v) is 1.43. The summed E-state index contributed by atoms with van der Waals surface area (Å²) in [5, 5.41) is 1.14. The van der Waals surface area contributed by atoms with Crippen LogP contribution in [0.15, 0.2) is 34.9 Å². The van der Waals surface area contributed by atoms with E-state index in [0.29, 0.717) is 0 Å². The molecule has 2 rings (SSSR count). The molecule has 1 heterocycles. The van der Waals surface area contributed by atoms with Crippen molar-refractivity contribution in [1.82, 2.24) is 0 Å². The summed E-state index contributed by atoms with van der Waals surface area (Å²) in [6, 6.07) is 8.10. The fourth-order valence-electron chi connectivity index (χ4n) is 1.43. The Bertz CT molecular complexity index is 466. The van der Waals surface area contributed by atoms with Crippen molar-refractivity contribution in [3.8, 4) is 0 Å². The van der Waals surface area contributed by atoms with E-state index in [2.05, 4.69) is 0 Å². The zero-order valence-electron chi connectivity index (χ0n) is 8.28. The van der Waals surface area contributed by atoms with Gasteiger partial charge in [0.25, 0.3) is 0 Å². The van der Waals surface area contributed by atoms with E-state index in [1.807, 2.05) is 37.3 Å². The molecular weight excluding hydrogens is 176 g/mol. The third kappa shape index (κ3) is 1.64. The monoisotopic (exact) mass is 188 g/mol. The molecule has 2 aromatic rings. The van der Waals surface area contributed by atoms with Crippen LogP contribution in [0.1, 0.15) is 11.3 Å². The van der Waals surface area contributed by atoms with Crippen LogP contribution in [-0.4, -0.2) is 7.11 Å². The van der Waals surface area contributed by atoms with Gasteiger partial charge in [0, 0.05) is 5.39 Å². The topological polar surface area (TPSA) is 22.4 Å². The molecule has 0 N–H and O–H groups in total. The Labute approximate surface area is 82.8 Å². The van der Waals surface area contributed by atoms with Crippen molar-refractivity contribution in [2.45, 2.75) is 6.92 Å². The van der Waals surface area contributed by atoms with Gasteiger partial charge in [-0.25, -0.2) is 0 Å². The summed E-state index contributed by atoms with van der Waals surface area (Å²) in [6.07, 6.45) is 3.55. The Kier molecular flexibility index (Phi) is 2.27. The summed E-state index contributed by atoms with van der Waals surface area (Å²) in [5.41, 5.74) is 1.99. The maximum Gasteiger partial charge on any atom is 0.134 e. The van der Waals surface area contributed by atoms with Crippen molar-refractivity contribution >= 4 is 17.0 Å². The minimum absolute atomic E-state index is 0.917. The van der Waals surface area contributed by atoms with Crippen molar-refractivity contribution in [3.63, 3.8) is 0 Å². The van der Waals surface area contributed by atoms with Crippen molar-refractivity contribution < 1.29 is 9.15 Å². The number of hydrogen-bond acceptors (Lipinski definition) is 2. The van der Waals surface area contributed by atoms with Crippen LogP contribution in [0, 0.1) is 6.92 Å². The minimum Gasteiger partial charge on any atom is -0.504 e. The highest BCUT2D eigenvalue weighted by atomic mass is 16.5. The summed E-state index contributed by atoms with van der Waals surface area (Å²) in [5.74, 6) is 0.938. The number of methoxy groups -OCH3 is 1. The van der Waals surface area contributed by atoms with Crippen LogP contribution in [0.25, 0.3) is 17.0 Å². The zero-order valence-corrected chi connectivity index (χ0v) is 8.28. The van der Waals surface area contributed by atoms with Crippen molar-refractivity contribution in [2.75, 3.05) is 7.11 Å². The molecule has 0 spiro atoms. The first-order chi connectivity index (χ1) is 6.79. The number of fused-ring (bicyclic) bond motifs is 1. The van der Waals surface area contributed by atoms with Gasteiger partial charge in [-0.15, -0.1) is 0 Å². The van der Waals surface area contributed by atoms with Crippen molar-refractivity contribution in [1.29, 1.82) is 0 Å². The van der Waals surface area contributed by atoms with Gasteiger partial charge >= 0.3 is 0 Å². The molecule has 1 aromatic carbocycles. The highest BCUT2D eigenvalue weighted by molar-refractivity contribution is 5.80. The number of rotatable bonds is 2. The lowest BCUT2D eigenvalue weighted by atomic mass is 10.2. The molecule has 0 fully saturated rings. The molecule has 0 amide bonds. The number of ether oxygens (including phenoxy) is 1. The molecule has 14 heavy (non-hydrogen) atoms. The average Bonchev–Trinajstić information content (AvgIpc) is 2.54. The van der Waals surface area contributed by atoms with Gasteiger partial charge in [-0.3, -0.25) is 0 Å². The van der Waals surface area contributed by atoms with Crippen LogP contribution in [0.2, 0.25) is 0 Å². The van der Waals surface area contributed by atoms with Crippen LogP contribution in [0.3, 0.4) is 0 Å². The Balaban J connectivity index is 2.45. The molecule has 0 bridgehead atoms. The molecule has 0 aliphatic carbocycles. The Morgan fingerprint density at radius 2 is 2.14 bits per heavy atom. The van der Waals surface area contributed by atoms with Gasteiger partial charge < -0.3 is 9.15 Å². The van der Waals surface area contributed by atoms with Gasteiger partial charge in [0.05, 0.1) is 13.4 Å². The molecular formula is C12H12O2. The molecule has 0 atom stereocenters. The smallest absolute Gasteiger partial charge is 0.134 e. The lowest BCUT2D eigenvalue weighted by Gasteiger charge is -1.93. The molecule has 0 radical (unpaired) electrons. The SMILES string of the molecule is CO/C=C\c1ccc2cc(C)oc2c1. The maximum absolute atomic E-state index is 5.51. The third-order valence-electron chi connectivity index (χ3n) is 2.06. The molecule has 0 unspecified atom stereocenters. The second-order valence-corrected chi connectivity index (χ2v) is 3.19. The number of aryl methyl sites for hydroxylation is 1. The highest BCUT2D eigenvalue weighted by Gasteiger charge is 1.99. The minimum atomic E-state index is 0.917. The number of hydrogen-bond donors (Lipinski definition) is 0. The van der Waals surface area contributed by atoms with Gasteiger partial charge in [-0.2, -0.15) is 0 Å². The summed E-state index contributed by atoms with van der Waals surface area (Å²) in [4.78, 5) is 0. The standard InChI is InChI=1S/C12H12O2/c1-9-7-11-4-3-10(5-6-13-2)8-12(11)14-9/h3-8H,1-2H3/b6-5-. The first-order valence-corrected chi connectivity index (χ1v) is 4.49. The van der Waals surface area contributed by atoms with E-state index >= 15 is 0 Å². The predicted molar refractivity (Wildman–Crippen MR) is 57.0 cm³/mol. The molecule has 0 saturated carbocycles. The Morgan fingerprint density at radius 3 is 2.93 bits per heavy atom. The predicted octanol–water partition coefficient (Wildman–Crippen LogP) is 3.36. The summed E-state index contributed by atoms with van der Waals surface area (Å²) in [6.45, 7) is 1.95. The van der Waals surface area contributed by atoms with Crippen molar-refractivity contribution in [3.05, 3.63) is 41.9 Å². The Morgan fingerprint density at radius 1 is 1.29 bits per heavy atom. The largest absolute Gasteiger partial charge is 0.504 e. The van der Waals surface area contributed by atoms with E-state index in [0.717, 1.165) is 22.3 Å². The van der Waals surface area contributed by atoms with E-state index in [9.17, 15) is 0 Å².